The van der Waals surface area contributed by atoms with E-state index in [9.17, 15) is 10.1 Å². The van der Waals surface area contributed by atoms with Crippen LogP contribution in [0.5, 0.6) is 5.75 Å². The summed E-state index contributed by atoms with van der Waals surface area (Å²) in [5.41, 5.74) is 0.153. The quantitative estimate of drug-likeness (QED) is 0.617. The molecule has 20 heavy (non-hydrogen) atoms. The van der Waals surface area contributed by atoms with E-state index in [-0.39, 0.29) is 23.1 Å². The summed E-state index contributed by atoms with van der Waals surface area (Å²) in [7, 11) is 0. The number of benzene rings is 1. The summed E-state index contributed by atoms with van der Waals surface area (Å²) in [6.45, 7) is 2.19. The van der Waals surface area contributed by atoms with Crippen molar-refractivity contribution in [2.75, 3.05) is 0 Å². The summed E-state index contributed by atoms with van der Waals surface area (Å²) in [5, 5.41) is 19.8. The molecule has 5 heteroatoms. The van der Waals surface area contributed by atoms with Crippen molar-refractivity contribution >= 4 is 5.69 Å². The van der Waals surface area contributed by atoms with Gasteiger partial charge in [-0.05, 0) is 43.7 Å². The Morgan fingerprint density at radius 3 is 2.65 bits per heavy atom. The highest BCUT2D eigenvalue weighted by Gasteiger charge is 2.24. The van der Waals surface area contributed by atoms with Crippen molar-refractivity contribution in [1.29, 1.82) is 5.26 Å². The number of nitro benzene ring substituents is 1. The summed E-state index contributed by atoms with van der Waals surface area (Å²) in [6.07, 6.45) is 5.34. The molecule has 1 aliphatic rings. The molecule has 0 radical (unpaired) electrons. The van der Waals surface area contributed by atoms with Gasteiger partial charge < -0.3 is 4.74 Å². The minimum atomic E-state index is -0.492. The number of nitrogens with zero attached hydrogens (tertiary/aromatic N) is 2. The lowest BCUT2D eigenvalue weighted by Crippen LogP contribution is -2.24. The highest BCUT2D eigenvalue weighted by atomic mass is 16.6. The van der Waals surface area contributed by atoms with E-state index in [4.69, 9.17) is 10.00 Å². The third kappa shape index (κ3) is 3.27. The third-order valence-corrected chi connectivity index (χ3v) is 3.95. The van der Waals surface area contributed by atoms with Gasteiger partial charge in [-0.3, -0.25) is 10.1 Å². The molecule has 0 aliphatic heterocycles. The fraction of sp³-hybridized carbons (Fsp3) is 0.533. The molecule has 1 fully saturated rings. The van der Waals surface area contributed by atoms with Gasteiger partial charge in [-0.15, -0.1) is 0 Å². The van der Waals surface area contributed by atoms with E-state index >= 15 is 0 Å². The minimum Gasteiger partial charge on any atom is -0.484 e. The molecule has 1 aliphatic carbocycles. The number of nitro groups is 1. The lowest BCUT2D eigenvalue weighted by atomic mass is 9.86. The summed E-state index contributed by atoms with van der Waals surface area (Å²) in [6, 6.07) is 6.26. The molecule has 1 saturated carbocycles. The molecule has 0 amide bonds. The van der Waals surface area contributed by atoms with Gasteiger partial charge in [0.2, 0.25) is 0 Å². The molecule has 0 N–H and O–H groups in total. The molecule has 1 aromatic rings. The van der Waals surface area contributed by atoms with E-state index in [2.05, 4.69) is 6.92 Å². The lowest BCUT2D eigenvalue weighted by Gasteiger charge is -2.28. The van der Waals surface area contributed by atoms with Crippen LogP contribution in [0.15, 0.2) is 18.2 Å². The predicted octanol–water partition coefficient (Wildman–Crippen LogP) is 3.81. The van der Waals surface area contributed by atoms with Crippen molar-refractivity contribution < 1.29 is 9.66 Å². The van der Waals surface area contributed by atoms with E-state index in [1.165, 1.54) is 18.6 Å². The van der Waals surface area contributed by atoms with Crippen molar-refractivity contribution in [2.45, 2.75) is 45.1 Å². The first-order valence-corrected chi connectivity index (χ1v) is 6.99. The Kier molecular flexibility index (Phi) is 4.57. The van der Waals surface area contributed by atoms with E-state index < -0.39 is 4.92 Å². The number of hydrogen-bond donors (Lipinski definition) is 0. The number of hydrogen-bond acceptors (Lipinski definition) is 4. The monoisotopic (exact) mass is 274 g/mol. The molecule has 0 saturated heterocycles. The summed E-state index contributed by atoms with van der Waals surface area (Å²) in [4.78, 5) is 10.6. The third-order valence-electron chi connectivity index (χ3n) is 3.95. The van der Waals surface area contributed by atoms with Crippen LogP contribution in [-0.2, 0) is 0 Å². The largest absolute Gasteiger partial charge is 0.484 e. The van der Waals surface area contributed by atoms with Gasteiger partial charge >= 0.3 is 5.69 Å². The van der Waals surface area contributed by atoms with Gasteiger partial charge in [0.25, 0.3) is 0 Å². The maximum atomic E-state index is 11.0. The summed E-state index contributed by atoms with van der Waals surface area (Å²) < 4.78 is 5.79. The molecular weight excluding hydrogens is 256 g/mol. The standard InChI is InChI=1S/C15H18N2O3/c1-2-11-3-6-13(7-4-11)20-15-8-5-12(10-16)9-14(15)17(18)19/h5,8-9,11,13H,2-4,6-7H2,1H3. The van der Waals surface area contributed by atoms with Crippen molar-refractivity contribution in [3.63, 3.8) is 0 Å². The van der Waals surface area contributed by atoms with Crippen LogP contribution < -0.4 is 4.74 Å². The van der Waals surface area contributed by atoms with Crippen LogP contribution in [0.3, 0.4) is 0 Å². The molecule has 0 aromatic heterocycles. The van der Waals surface area contributed by atoms with Gasteiger partial charge in [-0.1, -0.05) is 13.3 Å². The Balaban J connectivity index is 2.10. The smallest absolute Gasteiger partial charge is 0.312 e. The van der Waals surface area contributed by atoms with Crippen LogP contribution in [0.2, 0.25) is 0 Å². The second-order valence-corrected chi connectivity index (χ2v) is 5.22. The van der Waals surface area contributed by atoms with Crippen molar-refractivity contribution in [3.8, 4) is 11.8 Å². The number of nitriles is 1. The SMILES string of the molecule is CCC1CCC(Oc2ccc(C#N)cc2[N+](=O)[O-])CC1. The average molecular weight is 274 g/mol. The Morgan fingerprint density at radius 1 is 1.40 bits per heavy atom. The van der Waals surface area contributed by atoms with Gasteiger partial charge in [-0.25, -0.2) is 0 Å². The van der Waals surface area contributed by atoms with Gasteiger partial charge in [0.1, 0.15) is 0 Å². The van der Waals surface area contributed by atoms with Gasteiger partial charge in [0.15, 0.2) is 5.75 Å². The van der Waals surface area contributed by atoms with E-state index in [0.717, 1.165) is 31.6 Å². The number of ether oxygens (including phenoxy) is 1. The first-order valence-electron chi connectivity index (χ1n) is 6.99. The molecule has 0 bridgehead atoms. The summed E-state index contributed by atoms with van der Waals surface area (Å²) in [5.74, 6) is 1.03. The average Bonchev–Trinajstić information content (AvgIpc) is 2.48. The van der Waals surface area contributed by atoms with Crippen LogP contribution in [0.25, 0.3) is 0 Å². The number of rotatable bonds is 4. The molecule has 1 aromatic carbocycles. The maximum absolute atomic E-state index is 11.0. The Morgan fingerprint density at radius 2 is 2.10 bits per heavy atom. The second kappa shape index (κ2) is 6.38. The molecular formula is C15H18N2O3. The van der Waals surface area contributed by atoms with Crippen molar-refractivity contribution in [2.24, 2.45) is 5.92 Å². The van der Waals surface area contributed by atoms with Crippen LogP contribution in [-0.4, -0.2) is 11.0 Å². The lowest BCUT2D eigenvalue weighted by molar-refractivity contribution is -0.386. The van der Waals surface area contributed by atoms with Crippen LogP contribution >= 0.6 is 0 Å². The van der Waals surface area contributed by atoms with Gasteiger partial charge in [-0.2, -0.15) is 5.26 Å². The van der Waals surface area contributed by atoms with Crippen molar-refractivity contribution in [3.05, 3.63) is 33.9 Å². The molecule has 0 atom stereocenters. The predicted molar refractivity (Wildman–Crippen MR) is 74.5 cm³/mol. The van der Waals surface area contributed by atoms with Crippen LogP contribution in [0, 0.1) is 27.4 Å². The second-order valence-electron chi connectivity index (χ2n) is 5.22. The molecule has 0 unspecified atom stereocenters. The van der Waals surface area contributed by atoms with Crippen LogP contribution in [0.4, 0.5) is 5.69 Å². The topological polar surface area (TPSA) is 76.2 Å². The van der Waals surface area contributed by atoms with Gasteiger partial charge in [0, 0.05) is 6.07 Å². The normalized spacial score (nSPS) is 22.0. The molecule has 106 valence electrons. The molecule has 2 rings (SSSR count). The Bertz CT molecular complexity index is 528. The van der Waals surface area contributed by atoms with Crippen LogP contribution in [0.1, 0.15) is 44.6 Å². The van der Waals surface area contributed by atoms with Gasteiger partial charge in [0.05, 0.1) is 22.7 Å². The van der Waals surface area contributed by atoms with Crippen molar-refractivity contribution in [1.82, 2.24) is 0 Å². The zero-order chi connectivity index (χ0) is 14.5. The van der Waals surface area contributed by atoms with E-state index in [1.807, 2.05) is 6.07 Å². The fourth-order valence-electron chi connectivity index (χ4n) is 2.67. The zero-order valence-corrected chi connectivity index (χ0v) is 11.5. The Labute approximate surface area is 118 Å². The highest BCUT2D eigenvalue weighted by molar-refractivity contribution is 5.51. The zero-order valence-electron chi connectivity index (χ0n) is 11.5. The van der Waals surface area contributed by atoms with E-state index in [1.54, 1.807) is 6.07 Å². The minimum absolute atomic E-state index is 0.0458. The first kappa shape index (κ1) is 14.3. The molecule has 5 nitrogen and oxygen atoms in total. The van der Waals surface area contributed by atoms with E-state index in [0.29, 0.717) is 0 Å². The Hall–Kier alpha value is -2.09. The first-order chi connectivity index (χ1) is 9.63. The molecule has 0 spiro atoms. The highest BCUT2D eigenvalue weighted by Crippen LogP contribution is 2.33. The summed E-state index contributed by atoms with van der Waals surface area (Å²) >= 11 is 0. The maximum Gasteiger partial charge on any atom is 0.312 e. The fourth-order valence-corrected chi connectivity index (χ4v) is 2.67. The molecule has 0 heterocycles.